The molecule has 0 spiro atoms. The van der Waals surface area contributed by atoms with Gasteiger partial charge in [-0.1, -0.05) is 6.07 Å². The maximum atomic E-state index is 13.5. The summed E-state index contributed by atoms with van der Waals surface area (Å²) < 4.78 is 15.3. The van der Waals surface area contributed by atoms with Crippen molar-refractivity contribution in [2.24, 2.45) is 0 Å². The van der Waals surface area contributed by atoms with Crippen LogP contribution in [0.4, 0.5) is 10.2 Å². The van der Waals surface area contributed by atoms with E-state index < -0.39 is 0 Å². The van der Waals surface area contributed by atoms with Gasteiger partial charge in [-0.2, -0.15) is 0 Å². The Morgan fingerprint density at radius 3 is 2.60 bits per heavy atom. The van der Waals surface area contributed by atoms with Crippen LogP contribution in [-0.4, -0.2) is 33.8 Å². The average Bonchev–Trinajstić information content (AvgIpc) is 3.16. The Balaban J connectivity index is 1.46. The molecule has 0 aliphatic rings. The molecule has 0 fully saturated rings. The summed E-state index contributed by atoms with van der Waals surface area (Å²) in [4.78, 5) is 12.0. The van der Waals surface area contributed by atoms with Crippen molar-refractivity contribution in [1.29, 1.82) is 0 Å². The van der Waals surface area contributed by atoms with Crippen molar-refractivity contribution in [3.05, 3.63) is 71.8 Å². The Bertz CT molecular complexity index is 846. The highest BCUT2D eigenvalue weighted by Crippen LogP contribution is 2.09. The molecule has 2 aromatic heterocycles. The number of aryl methyl sites for hydroxylation is 1. The molecule has 0 saturated carbocycles. The monoisotopic (exact) mass is 339 g/mol. The summed E-state index contributed by atoms with van der Waals surface area (Å²) in [7, 11) is 0. The van der Waals surface area contributed by atoms with Gasteiger partial charge in [0.25, 0.3) is 5.91 Å². The summed E-state index contributed by atoms with van der Waals surface area (Å²) in [6.45, 7) is 2.52. The van der Waals surface area contributed by atoms with E-state index in [0.717, 1.165) is 5.82 Å². The second-order valence-corrected chi connectivity index (χ2v) is 5.51. The fourth-order valence-electron chi connectivity index (χ4n) is 2.25. The molecule has 25 heavy (non-hydrogen) atoms. The number of anilines is 1. The van der Waals surface area contributed by atoms with Crippen LogP contribution in [0.25, 0.3) is 5.82 Å². The number of amides is 1. The molecule has 128 valence electrons. The SMILES string of the molecule is Cc1ccc(C(=O)NCCNc2ccc(-n3cccc3)nn2)cc1F. The molecule has 0 radical (unpaired) electrons. The third-order valence-electron chi connectivity index (χ3n) is 3.67. The van der Waals surface area contributed by atoms with Crippen molar-refractivity contribution in [3.63, 3.8) is 0 Å². The summed E-state index contributed by atoms with van der Waals surface area (Å²) in [6.07, 6.45) is 3.78. The Morgan fingerprint density at radius 1 is 1.12 bits per heavy atom. The Labute approximate surface area is 144 Å². The second-order valence-electron chi connectivity index (χ2n) is 5.51. The Morgan fingerprint density at radius 2 is 1.92 bits per heavy atom. The zero-order valence-electron chi connectivity index (χ0n) is 13.7. The first-order valence-corrected chi connectivity index (χ1v) is 7.89. The number of carbonyl (C=O) groups excluding carboxylic acids is 1. The van der Waals surface area contributed by atoms with E-state index in [1.54, 1.807) is 19.1 Å². The van der Waals surface area contributed by atoms with Crippen molar-refractivity contribution >= 4 is 11.7 Å². The number of rotatable bonds is 6. The molecule has 0 saturated heterocycles. The summed E-state index contributed by atoms with van der Waals surface area (Å²) >= 11 is 0. The number of hydrogen-bond acceptors (Lipinski definition) is 4. The van der Waals surface area contributed by atoms with Gasteiger partial charge in [0.05, 0.1) is 0 Å². The first-order valence-electron chi connectivity index (χ1n) is 7.89. The van der Waals surface area contributed by atoms with Crippen molar-refractivity contribution in [1.82, 2.24) is 20.1 Å². The van der Waals surface area contributed by atoms with Crippen LogP contribution in [0.2, 0.25) is 0 Å². The highest BCUT2D eigenvalue weighted by atomic mass is 19.1. The van der Waals surface area contributed by atoms with Crippen LogP contribution in [0.1, 0.15) is 15.9 Å². The molecule has 2 N–H and O–H groups in total. The lowest BCUT2D eigenvalue weighted by atomic mass is 10.1. The van der Waals surface area contributed by atoms with E-state index in [1.165, 1.54) is 6.07 Å². The van der Waals surface area contributed by atoms with Crippen LogP contribution < -0.4 is 10.6 Å². The molecule has 2 heterocycles. The number of nitrogens with one attached hydrogen (secondary N) is 2. The van der Waals surface area contributed by atoms with Gasteiger partial charge >= 0.3 is 0 Å². The van der Waals surface area contributed by atoms with Crippen LogP contribution in [0, 0.1) is 12.7 Å². The Kier molecular flexibility index (Phi) is 5.03. The van der Waals surface area contributed by atoms with Crippen molar-refractivity contribution < 1.29 is 9.18 Å². The lowest BCUT2D eigenvalue weighted by Crippen LogP contribution is -2.29. The van der Waals surface area contributed by atoms with E-state index in [1.807, 2.05) is 41.2 Å². The molecule has 3 rings (SSSR count). The van der Waals surface area contributed by atoms with Crippen molar-refractivity contribution in [3.8, 4) is 5.82 Å². The third-order valence-corrected chi connectivity index (χ3v) is 3.67. The lowest BCUT2D eigenvalue weighted by molar-refractivity contribution is 0.0954. The van der Waals surface area contributed by atoms with Crippen LogP contribution >= 0.6 is 0 Å². The fourth-order valence-corrected chi connectivity index (χ4v) is 2.25. The maximum absolute atomic E-state index is 13.5. The van der Waals surface area contributed by atoms with E-state index in [9.17, 15) is 9.18 Å². The third kappa shape index (κ3) is 4.20. The van der Waals surface area contributed by atoms with Gasteiger partial charge in [-0.15, -0.1) is 10.2 Å². The van der Waals surface area contributed by atoms with Crippen LogP contribution in [0.3, 0.4) is 0 Å². The standard InChI is InChI=1S/C18H18FN5O/c1-13-4-5-14(12-15(13)19)18(25)21-9-8-20-16-6-7-17(23-22-16)24-10-2-3-11-24/h2-7,10-12H,8-9H2,1H3,(H,20,22)(H,21,25). The topological polar surface area (TPSA) is 71.8 Å². The predicted molar refractivity (Wildman–Crippen MR) is 93.3 cm³/mol. The number of halogens is 1. The van der Waals surface area contributed by atoms with E-state index >= 15 is 0 Å². The van der Waals surface area contributed by atoms with Gasteiger partial charge in [-0.05, 0) is 48.9 Å². The van der Waals surface area contributed by atoms with Crippen LogP contribution in [0.5, 0.6) is 0 Å². The number of benzene rings is 1. The predicted octanol–water partition coefficient (Wildman–Crippen LogP) is 2.56. The van der Waals surface area contributed by atoms with Gasteiger partial charge in [0, 0.05) is 31.0 Å². The molecular formula is C18H18FN5O. The minimum Gasteiger partial charge on any atom is -0.367 e. The van der Waals surface area contributed by atoms with Gasteiger partial charge in [0.2, 0.25) is 0 Å². The molecule has 1 amide bonds. The Hall–Kier alpha value is -3.22. The van der Waals surface area contributed by atoms with Gasteiger partial charge in [0.15, 0.2) is 5.82 Å². The van der Waals surface area contributed by atoms with E-state index in [0.29, 0.717) is 30.0 Å². The molecular weight excluding hydrogens is 321 g/mol. The average molecular weight is 339 g/mol. The zero-order valence-corrected chi connectivity index (χ0v) is 13.7. The first-order chi connectivity index (χ1) is 12.1. The maximum Gasteiger partial charge on any atom is 0.251 e. The number of aromatic nitrogens is 3. The van der Waals surface area contributed by atoms with E-state index in [-0.39, 0.29) is 11.7 Å². The van der Waals surface area contributed by atoms with Gasteiger partial charge in [-0.3, -0.25) is 4.79 Å². The number of hydrogen-bond donors (Lipinski definition) is 2. The molecule has 3 aromatic rings. The number of nitrogens with zero attached hydrogens (tertiary/aromatic N) is 3. The first kappa shape index (κ1) is 16.6. The van der Waals surface area contributed by atoms with E-state index in [2.05, 4.69) is 20.8 Å². The van der Waals surface area contributed by atoms with Crippen molar-refractivity contribution in [2.75, 3.05) is 18.4 Å². The highest BCUT2D eigenvalue weighted by Gasteiger charge is 2.07. The summed E-state index contributed by atoms with van der Waals surface area (Å²) in [5, 5.41) is 14.0. The zero-order chi connectivity index (χ0) is 17.6. The molecule has 6 nitrogen and oxygen atoms in total. The van der Waals surface area contributed by atoms with Crippen LogP contribution in [0.15, 0.2) is 54.9 Å². The summed E-state index contributed by atoms with van der Waals surface area (Å²) in [5.41, 5.74) is 0.819. The second kappa shape index (κ2) is 7.57. The molecule has 0 unspecified atom stereocenters. The molecule has 0 bridgehead atoms. The largest absolute Gasteiger partial charge is 0.367 e. The van der Waals surface area contributed by atoms with Crippen LogP contribution in [-0.2, 0) is 0 Å². The molecule has 7 heteroatoms. The minimum atomic E-state index is -0.385. The minimum absolute atomic E-state index is 0.305. The molecule has 1 aromatic carbocycles. The fraction of sp³-hybridized carbons (Fsp3) is 0.167. The van der Waals surface area contributed by atoms with Gasteiger partial charge in [-0.25, -0.2) is 4.39 Å². The van der Waals surface area contributed by atoms with Gasteiger partial charge < -0.3 is 15.2 Å². The summed E-state index contributed by atoms with van der Waals surface area (Å²) in [5.74, 6) is 0.648. The molecule has 0 atom stereocenters. The highest BCUT2D eigenvalue weighted by molar-refractivity contribution is 5.94. The smallest absolute Gasteiger partial charge is 0.251 e. The summed E-state index contributed by atoms with van der Waals surface area (Å²) in [6, 6.07) is 11.9. The quantitative estimate of drug-likeness (QED) is 0.677. The molecule has 0 aliphatic heterocycles. The van der Waals surface area contributed by atoms with Crippen molar-refractivity contribution in [2.45, 2.75) is 6.92 Å². The number of carbonyl (C=O) groups is 1. The van der Waals surface area contributed by atoms with Gasteiger partial charge in [0.1, 0.15) is 11.6 Å². The normalized spacial score (nSPS) is 10.5. The lowest BCUT2D eigenvalue weighted by Gasteiger charge is -2.08. The molecule has 0 aliphatic carbocycles. The van der Waals surface area contributed by atoms with E-state index in [4.69, 9.17) is 0 Å².